The van der Waals surface area contributed by atoms with Crippen LogP contribution in [0.4, 0.5) is 0 Å². The van der Waals surface area contributed by atoms with Gasteiger partial charge in [0.15, 0.2) is 0 Å². The molecule has 1 unspecified atom stereocenters. The van der Waals surface area contributed by atoms with E-state index >= 15 is 0 Å². The number of carboxylic acid groups (broad SMARTS) is 1. The van der Waals surface area contributed by atoms with E-state index in [1.54, 1.807) is 0 Å². The second kappa shape index (κ2) is 5.35. The summed E-state index contributed by atoms with van der Waals surface area (Å²) in [6.45, 7) is 8.50. The summed E-state index contributed by atoms with van der Waals surface area (Å²) in [6.07, 6.45) is 1.88. The fourth-order valence-corrected chi connectivity index (χ4v) is 3.62. The number of rotatable bonds is 3. The average Bonchev–Trinajstić information content (AvgIpc) is 2.99. The average molecular weight is 282 g/mol. The molecular weight excluding hydrogens is 256 g/mol. The van der Waals surface area contributed by atoms with E-state index in [2.05, 4.69) is 18.9 Å². The molecule has 5 nitrogen and oxygen atoms in total. The summed E-state index contributed by atoms with van der Waals surface area (Å²) < 4.78 is 0. The van der Waals surface area contributed by atoms with Gasteiger partial charge in [0.1, 0.15) is 0 Å². The highest BCUT2D eigenvalue weighted by Crippen LogP contribution is 2.59. The van der Waals surface area contributed by atoms with Crippen LogP contribution in [0.25, 0.3) is 0 Å². The van der Waals surface area contributed by atoms with Gasteiger partial charge in [0.05, 0.1) is 11.8 Å². The summed E-state index contributed by atoms with van der Waals surface area (Å²) in [5.41, 5.74) is -0.403. The maximum absolute atomic E-state index is 12.8. The first kappa shape index (κ1) is 15.3. The van der Waals surface area contributed by atoms with E-state index in [9.17, 15) is 14.7 Å². The van der Waals surface area contributed by atoms with Crippen molar-refractivity contribution in [3.63, 3.8) is 0 Å². The molecule has 0 aromatic carbocycles. The monoisotopic (exact) mass is 282 g/mol. The lowest BCUT2D eigenvalue weighted by atomic mass is 10.1. The first-order valence-corrected chi connectivity index (χ1v) is 7.52. The maximum Gasteiger partial charge on any atom is 0.307 e. The molecule has 1 aliphatic carbocycles. The van der Waals surface area contributed by atoms with Gasteiger partial charge < -0.3 is 14.9 Å². The molecule has 0 radical (unpaired) electrons. The van der Waals surface area contributed by atoms with Crippen LogP contribution in [0.3, 0.4) is 0 Å². The fourth-order valence-electron chi connectivity index (χ4n) is 3.62. The molecular formula is C15H26N2O3. The lowest BCUT2D eigenvalue weighted by molar-refractivity contribution is -0.142. The van der Waals surface area contributed by atoms with Crippen molar-refractivity contribution in [3.05, 3.63) is 0 Å². The second-order valence-corrected chi connectivity index (χ2v) is 6.82. The highest BCUT2D eigenvalue weighted by Gasteiger charge is 2.66. The molecule has 3 atom stereocenters. The molecule has 1 N–H and O–H groups in total. The number of carbonyl (C=O) groups excluding carboxylic acids is 1. The third kappa shape index (κ3) is 2.55. The number of amides is 1. The van der Waals surface area contributed by atoms with Crippen LogP contribution in [0.2, 0.25) is 0 Å². The van der Waals surface area contributed by atoms with Crippen molar-refractivity contribution in [2.45, 2.75) is 39.7 Å². The largest absolute Gasteiger partial charge is 0.481 e. The quantitative estimate of drug-likeness (QED) is 0.847. The van der Waals surface area contributed by atoms with Crippen molar-refractivity contribution in [1.82, 2.24) is 9.80 Å². The zero-order valence-corrected chi connectivity index (χ0v) is 12.9. The van der Waals surface area contributed by atoms with E-state index in [1.165, 1.54) is 0 Å². The van der Waals surface area contributed by atoms with Gasteiger partial charge in [-0.2, -0.15) is 0 Å². The molecule has 1 saturated heterocycles. The molecule has 0 bridgehead atoms. The van der Waals surface area contributed by atoms with Crippen LogP contribution in [0.1, 0.15) is 33.6 Å². The molecule has 0 spiro atoms. The Labute approximate surface area is 120 Å². The Balaban J connectivity index is 2.13. The van der Waals surface area contributed by atoms with Crippen LogP contribution < -0.4 is 0 Å². The lowest BCUT2D eigenvalue weighted by Gasteiger charge is -2.31. The highest BCUT2D eigenvalue weighted by molar-refractivity contribution is 5.91. The van der Waals surface area contributed by atoms with Crippen molar-refractivity contribution in [3.8, 4) is 0 Å². The lowest BCUT2D eigenvalue weighted by Crippen LogP contribution is -2.45. The SMILES string of the molecule is CCC1CN(C)CCCN1C(=O)[C@H]1[C@@H](C(=O)O)C1(C)C. The van der Waals surface area contributed by atoms with Gasteiger partial charge in [-0.1, -0.05) is 20.8 Å². The Morgan fingerprint density at radius 1 is 1.25 bits per heavy atom. The molecule has 0 aromatic heterocycles. The molecule has 20 heavy (non-hydrogen) atoms. The third-order valence-electron chi connectivity index (χ3n) is 5.02. The van der Waals surface area contributed by atoms with Gasteiger partial charge in [-0.15, -0.1) is 0 Å². The maximum atomic E-state index is 12.8. The van der Waals surface area contributed by atoms with E-state index in [1.807, 2.05) is 18.7 Å². The van der Waals surface area contributed by atoms with E-state index in [0.29, 0.717) is 0 Å². The molecule has 114 valence electrons. The summed E-state index contributed by atoms with van der Waals surface area (Å²) in [5.74, 6) is -1.66. The Morgan fingerprint density at radius 3 is 2.40 bits per heavy atom. The highest BCUT2D eigenvalue weighted by atomic mass is 16.4. The molecule has 5 heteroatoms. The number of hydrogen-bond acceptors (Lipinski definition) is 3. The smallest absolute Gasteiger partial charge is 0.307 e. The Bertz CT molecular complexity index is 408. The first-order valence-electron chi connectivity index (χ1n) is 7.52. The Hall–Kier alpha value is -1.10. The number of aliphatic carboxylic acids is 1. The van der Waals surface area contributed by atoms with E-state index in [4.69, 9.17) is 0 Å². The van der Waals surface area contributed by atoms with Crippen LogP contribution in [-0.2, 0) is 9.59 Å². The molecule has 1 heterocycles. The summed E-state index contributed by atoms with van der Waals surface area (Å²) in [7, 11) is 2.08. The minimum Gasteiger partial charge on any atom is -0.481 e. The van der Waals surface area contributed by atoms with Gasteiger partial charge in [-0.3, -0.25) is 9.59 Å². The number of likely N-dealkylation sites (N-methyl/N-ethyl adjacent to an activating group) is 1. The van der Waals surface area contributed by atoms with Crippen LogP contribution >= 0.6 is 0 Å². The van der Waals surface area contributed by atoms with Gasteiger partial charge >= 0.3 is 5.97 Å². The topological polar surface area (TPSA) is 60.9 Å². The predicted octanol–water partition coefficient (Wildman–Crippen LogP) is 1.29. The Kier molecular flexibility index (Phi) is 4.09. The zero-order chi connectivity index (χ0) is 15.1. The second-order valence-electron chi connectivity index (χ2n) is 6.82. The number of carboxylic acids is 1. The predicted molar refractivity (Wildman–Crippen MR) is 76.3 cm³/mol. The van der Waals surface area contributed by atoms with Crippen LogP contribution in [0.5, 0.6) is 0 Å². The molecule has 1 amide bonds. The summed E-state index contributed by atoms with van der Waals surface area (Å²) >= 11 is 0. The van der Waals surface area contributed by atoms with Gasteiger partial charge in [0.2, 0.25) is 5.91 Å². The molecule has 1 aliphatic heterocycles. The van der Waals surface area contributed by atoms with E-state index in [-0.39, 0.29) is 17.9 Å². The van der Waals surface area contributed by atoms with Crippen molar-refractivity contribution in [2.75, 3.05) is 26.7 Å². The summed E-state index contributed by atoms with van der Waals surface area (Å²) in [5, 5.41) is 9.25. The third-order valence-corrected chi connectivity index (χ3v) is 5.02. The normalized spacial score (nSPS) is 33.6. The zero-order valence-electron chi connectivity index (χ0n) is 12.9. The van der Waals surface area contributed by atoms with Crippen molar-refractivity contribution < 1.29 is 14.7 Å². The summed E-state index contributed by atoms with van der Waals surface area (Å²) in [6, 6.07) is 0.209. The van der Waals surface area contributed by atoms with Crippen molar-refractivity contribution in [1.29, 1.82) is 0 Å². The standard InChI is InChI=1S/C15H26N2O3/c1-5-10-9-16(4)7-6-8-17(10)13(18)11-12(14(19)20)15(11,2)3/h10-12H,5-9H2,1-4H3,(H,19,20)/t10?,11-,12+/m1/s1. The number of nitrogens with zero attached hydrogens (tertiary/aromatic N) is 2. The minimum absolute atomic E-state index is 0.0459. The van der Waals surface area contributed by atoms with Gasteiger partial charge in [0.25, 0.3) is 0 Å². The molecule has 2 rings (SSSR count). The fraction of sp³-hybridized carbons (Fsp3) is 0.867. The van der Waals surface area contributed by atoms with Crippen molar-refractivity contribution >= 4 is 11.9 Å². The number of hydrogen-bond donors (Lipinski definition) is 1. The molecule has 0 aromatic rings. The van der Waals surface area contributed by atoms with Crippen LogP contribution in [0.15, 0.2) is 0 Å². The minimum atomic E-state index is -0.840. The van der Waals surface area contributed by atoms with E-state index in [0.717, 1.165) is 32.5 Å². The first-order chi connectivity index (χ1) is 9.30. The Morgan fingerprint density at radius 2 is 1.90 bits per heavy atom. The van der Waals surface area contributed by atoms with Crippen LogP contribution in [0, 0.1) is 17.3 Å². The molecule has 2 aliphatic rings. The van der Waals surface area contributed by atoms with Crippen molar-refractivity contribution in [2.24, 2.45) is 17.3 Å². The van der Waals surface area contributed by atoms with E-state index < -0.39 is 17.3 Å². The number of carbonyl (C=O) groups is 2. The van der Waals surface area contributed by atoms with Crippen LogP contribution in [-0.4, -0.2) is 59.5 Å². The van der Waals surface area contributed by atoms with Gasteiger partial charge in [-0.05, 0) is 31.8 Å². The van der Waals surface area contributed by atoms with Gasteiger partial charge in [0, 0.05) is 19.1 Å². The molecule has 1 saturated carbocycles. The summed E-state index contributed by atoms with van der Waals surface area (Å²) in [4.78, 5) is 28.2. The molecule has 2 fully saturated rings. The van der Waals surface area contributed by atoms with Gasteiger partial charge in [-0.25, -0.2) is 0 Å².